The lowest BCUT2D eigenvalue weighted by atomic mass is 10.3. The Morgan fingerprint density at radius 1 is 1.24 bits per heavy atom. The fraction of sp³-hybridized carbons (Fsp3) is 0.500. The Kier molecular flexibility index (Phi) is 4.84. The van der Waals surface area contributed by atoms with Gasteiger partial charge < -0.3 is 9.47 Å². The predicted molar refractivity (Wildman–Crippen MR) is 81.4 cm³/mol. The minimum Gasteiger partial charge on any atom is -0.339 e. The van der Waals surface area contributed by atoms with Gasteiger partial charge in [0.1, 0.15) is 6.54 Å². The van der Waals surface area contributed by atoms with Crippen LogP contribution in [-0.4, -0.2) is 60.5 Å². The van der Waals surface area contributed by atoms with E-state index in [2.05, 4.69) is 15.9 Å². The second kappa shape index (κ2) is 6.29. The molecule has 1 amide bonds. The summed E-state index contributed by atoms with van der Waals surface area (Å²) in [4.78, 5) is 25.4. The molecule has 1 saturated heterocycles. The Morgan fingerprint density at radius 3 is 2.43 bits per heavy atom. The molecule has 0 N–H and O–H groups in total. The molecule has 21 heavy (non-hydrogen) atoms. The average Bonchev–Trinajstić information content (AvgIpc) is 2.42. The van der Waals surface area contributed by atoms with Crippen LogP contribution in [0.4, 0.5) is 0 Å². The molecule has 1 fully saturated rings. The summed E-state index contributed by atoms with van der Waals surface area (Å²) in [6.45, 7) is 1.22. The number of hydrogen-bond donors (Lipinski definition) is 0. The second-order valence-electron chi connectivity index (χ2n) is 4.86. The highest BCUT2D eigenvalue weighted by Crippen LogP contribution is 2.08. The Bertz CT molecular complexity index is 693. The summed E-state index contributed by atoms with van der Waals surface area (Å²) in [5, 5.41) is 0. The maximum atomic E-state index is 12.2. The number of halogens is 1. The van der Waals surface area contributed by atoms with Crippen molar-refractivity contribution in [3.63, 3.8) is 0 Å². The van der Waals surface area contributed by atoms with Gasteiger partial charge >= 0.3 is 0 Å². The first-order valence-electron chi connectivity index (χ1n) is 6.36. The van der Waals surface area contributed by atoms with Crippen molar-refractivity contribution in [1.82, 2.24) is 13.8 Å². The molecular formula is C12H16BrN3O4S. The van der Waals surface area contributed by atoms with Crippen LogP contribution in [0.15, 0.2) is 27.6 Å². The number of sulfonamides is 1. The summed E-state index contributed by atoms with van der Waals surface area (Å²) in [6.07, 6.45) is 2.72. The summed E-state index contributed by atoms with van der Waals surface area (Å²) in [7, 11) is -3.21. The van der Waals surface area contributed by atoms with Crippen molar-refractivity contribution in [2.75, 3.05) is 32.4 Å². The van der Waals surface area contributed by atoms with Crippen LogP contribution < -0.4 is 5.56 Å². The van der Waals surface area contributed by atoms with Gasteiger partial charge in [0.15, 0.2) is 0 Å². The standard InChI is InChI=1S/C12H16BrN3O4S/c1-21(19,20)16-6-4-14(5-7-16)12(18)9-15-8-10(13)2-3-11(15)17/h2-3,8H,4-7,9H2,1H3. The Balaban J connectivity index is 2.00. The van der Waals surface area contributed by atoms with E-state index < -0.39 is 10.0 Å². The summed E-state index contributed by atoms with van der Waals surface area (Å²) in [5.41, 5.74) is -0.249. The lowest BCUT2D eigenvalue weighted by Gasteiger charge is -2.33. The molecule has 1 aliphatic rings. The van der Waals surface area contributed by atoms with Gasteiger partial charge in [-0.25, -0.2) is 8.42 Å². The maximum Gasteiger partial charge on any atom is 0.251 e. The van der Waals surface area contributed by atoms with Crippen molar-refractivity contribution >= 4 is 31.9 Å². The van der Waals surface area contributed by atoms with Gasteiger partial charge in [-0.1, -0.05) is 0 Å². The zero-order chi connectivity index (χ0) is 15.6. The summed E-state index contributed by atoms with van der Waals surface area (Å²) >= 11 is 3.25. The van der Waals surface area contributed by atoms with Crippen LogP contribution in [0.1, 0.15) is 0 Å². The molecule has 0 spiro atoms. The lowest BCUT2D eigenvalue weighted by Crippen LogP contribution is -2.51. The Labute approximate surface area is 131 Å². The van der Waals surface area contributed by atoms with Crippen LogP contribution in [0, 0.1) is 0 Å². The maximum absolute atomic E-state index is 12.2. The van der Waals surface area contributed by atoms with E-state index in [-0.39, 0.29) is 31.1 Å². The van der Waals surface area contributed by atoms with Crippen molar-refractivity contribution in [3.05, 3.63) is 33.2 Å². The van der Waals surface area contributed by atoms with Crippen LogP contribution in [0.2, 0.25) is 0 Å². The van der Waals surface area contributed by atoms with E-state index in [0.29, 0.717) is 13.1 Å². The number of nitrogens with zero attached hydrogens (tertiary/aromatic N) is 3. The van der Waals surface area contributed by atoms with E-state index in [1.54, 1.807) is 17.2 Å². The zero-order valence-electron chi connectivity index (χ0n) is 11.5. The second-order valence-corrected chi connectivity index (χ2v) is 7.75. The third kappa shape index (κ3) is 4.14. The van der Waals surface area contributed by atoms with Crippen LogP contribution in [0.25, 0.3) is 0 Å². The Hall–Kier alpha value is -1.19. The third-order valence-corrected chi connectivity index (χ3v) is 5.09. The molecule has 0 unspecified atom stereocenters. The molecule has 0 bridgehead atoms. The minimum atomic E-state index is -3.21. The van der Waals surface area contributed by atoms with Gasteiger partial charge in [-0.2, -0.15) is 4.31 Å². The molecule has 116 valence electrons. The molecule has 1 aromatic rings. The molecular weight excluding hydrogens is 362 g/mol. The van der Waals surface area contributed by atoms with E-state index in [0.717, 1.165) is 10.7 Å². The highest BCUT2D eigenvalue weighted by Gasteiger charge is 2.26. The zero-order valence-corrected chi connectivity index (χ0v) is 13.9. The van der Waals surface area contributed by atoms with Crippen molar-refractivity contribution in [3.8, 4) is 0 Å². The summed E-state index contributed by atoms with van der Waals surface area (Å²) in [6, 6.07) is 3.01. The number of hydrogen-bond acceptors (Lipinski definition) is 4. The number of rotatable bonds is 3. The van der Waals surface area contributed by atoms with Crippen molar-refractivity contribution in [2.45, 2.75) is 6.54 Å². The number of aromatic nitrogens is 1. The molecule has 0 radical (unpaired) electrons. The first-order chi connectivity index (χ1) is 9.77. The number of carbonyl (C=O) groups excluding carboxylic acids is 1. The largest absolute Gasteiger partial charge is 0.339 e. The monoisotopic (exact) mass is 377 g/mol. The lowest BCUT2D eigenvalue weighted by molar-refractivity contribution is -0.133. The molecule has 7 nitrogen and oxygen atoms in total. The van der Waals surface area contributed by atoms with E-state index in [1.165, 1.54) is 14.9 Å². The van der Waals surface area contributed by atoms with E-state index in [4.69, 9.17) is 0 Å². The quantitative estimate of drug-likeness (QED) is 0.725. The van der Waals surface area contributed by atoms with Crippen molar-refractivity contribution < 1.29 is 13.2 Å². The fourth-order valence-corrected chi connectivity index (χ4v) is 3.35. The van der Waals surface area contributed by atoms with Crippen LogP contribution >= 0.6 is 15.9 Å². The molecule has 1 aliphatic heterocycles. The number of carbonyl (C=O) groups is 1. The first-order valence-corrected chi connectivity index (χ1v) is 9.00. The fourth-order valence-electron chi connectivity index (χ4n) is 2.14. The molecule has 0 saturated carbocycles. The molecule has 1 aromatic heterocycles. The molecule has 0 aromatic carbocycles. The van der Waals surface area contributed by atoms with Crippen LogP contribution in [0.3, 0.4) is 0 Å². The highest BCUT2D eigenvalue weighted by atomic mass is 79.9. The molecule has 2 rings (SSSR count). The first kappa shape index (κ1) is 16.2. The van der Waals surface area contributed by atoms with E-state index in [1.807, 2.05) is 0 Å². The molecule has 0 aliphatic carbocycles. The van der Waals surface area contributed by atoms with Gasteiger partial charge in [-0.15, -0.1) is 0 Å². The highest BCUT2D eigenvalue weighted by molar-refractivity contribution is 9.10. The van der Waals surface area contributed by atoms with E-state index >= 15 is 0 Å². The number of piperazine rings is 1. The number of pyridine rings is 1. The normalized spacial score (nSPS) is 17.0. The topological polar surface area (TPSA) is 79.7 Å². The molecule has 0 atom stereocenters. The van der Waals surface area contributed by atoms with Crippen molar-refractivity contribution in [2.24, 2.45) is 0 Å². The van der Waals surface area contributed by atoms with Gasteiger partial charge in [0.25, 0.3) is 5.56 Å². The van der Waals surface area contributed by atoms with Gasteiger partial charge in [0.05, 0.1) is 6.26 Å². The van der Waals surface area contributed by atoms with Crippen LogP contribution in [-0.2, 0) is 21.4 Å². The van der Waals surface area contributed by atoms with Crippen LogP contribution in [0.5, 0.6) is 0 Å². The smallest absolute Gasteiger partial charge is 0.251 e. The Morgan fingerprint density at radius 2 is 1.86 bits per heavy atom. The van der Waals surface area contributed by atoms with Gasteiger partial charge in [-0.05, 0) is 22.0 Å². The van der Waals surface area contributed by atoms with Gasteiger partial charge in [0, 0.05) is 42.9 Å². The SMILES string of the molecule is CS(=O)(=O)N1CCN(C(=O)Cn2cc(Br)ccc2=O)CC1. The average molecular weight is 378 g/mol. The molecule has 9 heteroatoms. The third-order valence-electron chi connectivity index (χ3n) is 3.31. The van der Waals surface area contributed by atoms with E-state index in [9.17, 15) is 18.0 Å². The van der Waals surface area contributed by atoms with Crippen molar-refractivity contribution in [1.29, 1.82) is 0 Å². The molecule has 2 heterocycles. The summed E-state index contributed by atoms with van der Waals surface area (Å²) in [5.74, 6) is -0.191. The summed E-state index contributed by atoms with van der Waals surface area (Å²) < 4.78 is 26.2. The predicted octanol–water partition coefficient (Wildman–Crippen LogP) is -0.285. The number of amides is 1. The van der Waals surface area contributed by atoms with Gasteiger partial charge in [-0.3, -0.25) is 9.59 Å². The minimum absolute atomic E-state index is 0.0445. The van der Waals surface area contributed by atoms with Gasteiger partial charge in [0.2, 0.25) is 15.9 Å².